The lowest BCUT2D eigenvalue weighted by atomic mass is 10.2. The van der Waals surface area contributed by atoms with Crippen LogP contribution in [0.5, 0.6) is 0 Å². The highest BCUT2D eigenvalue weighted by molar-refractivity contribution is 8.76. The first kappa shape index (κ1) is 13.8. The first-order chi connectivity index (χ1) is 8.13. The number of amides is 1. The van der Waals surface area contributed by atoms with Crippen LogP contribution >= 0.6 is 21.6 Å². The summed E-state index contributed by atoms with van der Waals surface area (Å²) in [6.45, 7) is 1.81. The van der Waals surface area contributed by atoms with Gasteiger partial charge in [-0.15, -0.1) is 0 Å². The fourth-order valence-corrected chi connectivity index (χ4v) is 3.28. The maximum Gasteiger partial charge on any atom is 0.221 e. The van der Waals surface area contributed by atoms with Crippen LogP contribution < -0.4 is 5.73 Å². The molecule has 0 aliphatic carbocycles. The van der Waals surface area contributed by atoms with Gasteiger partial charge in [0.2, 0.25) is 5.91 Å². The van der Waals surface area contributed by atoms with E-state index in [0.29, 0.717) is 11.4 Å². The normalized spacial score (nSPS) is 11.6. The summed E-state index contributed by atoms with van der Waals surface area (Å²) < 4.78 is 0. The second-order valence-corrected chi connectivity index (χ2v) is 5.77. The maximum atomic E-state index is 10.8. The monoisotopic (exact) mass is 268 g/mol. The number of benzene rings is 1. The second kappa shape index (κ2) is 7.11. The van der Waals surface area contributed by atoms with Gasteiger partial charge >= 0.3 is 0 Å². The number of rotatable bonds is 6. The molecule has 0 fully saturated rings. The summed E-state index contributed by atoms with van der Waals surface area (Å²) in [5.41, 5.74) is 14.0. The first-order valence-electron chi connectivity index (χ1n) is 4.87. The molecular weight excluding hydrogens is 256 g/mol. The van der Waals surface area contributed by atoms with Gasteiger partial charge in [0.1, 0.15) is 0 Å². The third-order valence-electron chi connectivity index (χ3n) is 1.96. The lowest BCUT2D eigenvalue weighted by molar-refractivity contribution is -0.120. The van der Waals surface area contributed by atoms with Crippen LogP contribution in [0, 0.1) is 5.92 Å². The molecule has 0 aliphatic heterocycles. The van der Waals surface area contributed by atoms with Crippen molar-refractivity contribution in [1.29, 1.82) is 0 Å². The van der Waals surface area contributed by atoms with E-state index in [0.717, 1.165) is 4.90 Å². The number of hydrogen-bond donors (Lipinski definition) is 1. The van der Waals surface area contributed by atoms with Crippen molar-refractivity contribution < 1.29 is 4.79 Å². The molecule has 0 aromatic heterocycles. The van der Waals surface area contributed by atoms with Crippen molar-refractivity contribution in [3.05, 3.63) is 34.7 Å². The Morgan fingerprint density at radius 1 is 1.53 bits per heavy atom. The van der Waals surface area contributed by atoms with Gasteiger partial charge in [-0.1, -0.05) is 45.8 Å². The zero-order valence-electron chi connectivity index (χ0n) is 9.24. The van der Waals surface area contributed by atoms with Crippen LogP contribution in [-0.4, -0.2) is 11.7 Å². The Labute approximate surface area is 107 Å². The Hall–Kier alpha value is -1.30. The minimum absolute atomic E-state index is 0.130. The highest BCUT2D eigenvalue weighted by Crippen LogP contribution is 2.33. The van der Waals surface area contributed by atoms with Crippen molar-refractivity contribution in [2.75, 3.05) is 5.75 Å². The van der Waals surface area contributed by atoms with E-state index in [1.807, 2.05) is 12.1 Å². The van der Waals surface area contributed by atoms with Gasteiger partial charge in [-0.2, -0.15) is 0 Å². The summed E-state index contributed by atoms with van der Waals surface area (Å²) in [6.07, 6.45) is 0. The Morgan fingerprint density at radius 2 is 2.18 bits per heavy atom. The Bertz CT molecular complexity index is 428. The Balaban J connectivity index is 2.42. The minimum Gasteiger partial charge on any atom is -0.369 e. The molecule has 0 radical (unpaired) electrons. The Morgan fingerprint density at radius 3 is 2.71 bits per heavy atom. The molecule has 1 atom stereocenters. The van der Waals surface area contributed by atoms with Crippen LogP contribution in [-0.2, 0) is 4.79 Å². The maximum absolute atomic E-state index is 10.8. The molecule has 0 spiro atoms. The van der Waals surface area contributed by atoms with Crippen LogP contribution in [0.3, 0.4) is 0 Å². The highest BCUT2D eigenvalue weighted by Gasteiger charge is 2.08. The summed E-state index contributed by atoms with van der Waals surface area (Å²) in [5.74, 6) is 0.268. The number of nitrogens with two attached hydrogens (primary N) is 1. The van der Waals surface area contributed by atoms with Crippen LogP contribution in [0.15, 0.2) is 34.3 Å². The van der Waals surface area contributed by atoms with Gasteiger partial charge in [0.25, 0.3) is 0 Å². The number of carbonyl (C=O) groups excluding carboxylic acids is 1. The van der Waals surface area contributed by atoms with Crippen molar-refractivity contribution in [1.82, 2.24) is 0 Å². The van der Waals surface area contributed by atoms with Crippen molar-refractivity contribution in [3.63, 3.8) is 0 Å². The Kier molecular flexibility index (Phi) is 5.76. The van der Waals surface area contributed by atoms with E-state index in [1.54, 1.807) is 40.6 Å². The molecule has 90 valence electrons. The van der Waals surface area contributed by atoms with Gasteiger partial charge in [-0.05, 0) is 17.7 Å². The number of primary amides is 1. The molecule has 0 heterocycles. The van der Waals surface area contributed by atoms with Crippen molar-refractivity contribution in [3.8, 4) is 0 Å². The smallest absolute Gasteiger partial charge is 0.221 e. The molecule has 1 aromatic carbocycles. The van der Waals surface area contributed by atoms with Crippen LogP contribution in [0.1, 0.15) is 6.92 Å². The molecule has 0 saturated heterocycles. The zero-order valence-corrected chi connectivity index (χ0v) is 10.9. The molecule has 1 unspecified atom stereocenters. The molecule has 0 saturated carbocycles. The number of nitrogens with zero attached hydrogens (tertiary/aromatic N) is 3. The number of hydrogen-bond acceptors (Lipinski definition) is 4. The lowest BCUT2D eigenvalue weighted by Crippen LogP contribution is -2.21. The molecule has 0 bridgehead atoms. The fourth-order valence-electron chi connectivity index (χ4n) is 0.906. The number of carbonyl (C=O) groups is 1. The molecule has 1 rings (SSSR count). The SMILES string of the molecule is CC(CSSc1ccc(N=[N+]=[N-])cc1)C(N)=O. The van der Waals surface area contributed by atoms with Gasteiger partial charge < -0.3 is 5.73 Å². The van der Waals surface area contributed by atoms with E-state index in [1.165, 1.54) is 0 Å². The van der Waals surface area contributed by atoms with Crippen LogP contribution in [0.4, 0.5) is 5.69 Å². The predicted octanol–water partition coefficient (Wildman–Crippen LogP) is 3.49. The van der Waals surface area contributed by atoms with Gasteiger partial charge in [0.15, 0.2) is 0 Å². The van der Waals surface area contributed by atoms with E-state index in [-0.39, 0.29) is 11.8 Å². The van der Waals surface area contributed by atoms with Crippen LogP contribution in [0.2, 0.25) is 0 Å². The predicted molar refractivity (Wildman–Crippen MR) is 71.9 cm³/mol. The summed E-state index contributed by atoms with van der Waals surface area (Å²) in [6, 6.07) is 7.24. The molecular formula is C10H12N4OS2. The molecule has 1 aromatic rings. The molecule has 17 heavy (non-hydrogen) atoms. The topological polar surface area (TPSA) is 91.8 Å². The van der Waals surface area contributed by atoms with Crippen molar-refractivity contribution in [2.45, 2.75) is 11.8 Å². The average Bonchev–Trinajstić information content (AvgIpc) is 2.31. The lowest BCUT2D eigenvalue weighted by Gasteiger charge is -2.05. The number of azide groups is 1. The fraction of sp³-hybridized carbons (Fsp3) is 0.300. The van der Waals surface area contributed by atoms with E-state index in [9.17, 15) is 4.79 Å². The van der Waals surface area contributed by atoms with Gasteiger partial charge in [0, 0.05) is 27.2 Å². The summed E-state index contributed by atoms with van der Waals surface area (Å²) in [7, 11) is 3.14. The molecule has 0 aliphatic rings. The largest absolute Gasteiger partial charge is 0.369 e. The third kappa shape index (κ3) is 5.04. The first-order valence-corrected chi connectivity index (χ1v) is 7.19. The van der Waals surface area contributed by atoms with E-state index in [2.05, 4.69) is 10.0 Å². The highest BCUT2D eigenvalue weighted by atomic mass is 33.1. The summed E-state index contributed by atoms with van der Waals surface area (Å²) in [5, 5.41) is 3.48. The average molecular weight is 268 g/mol. The van der Waals surface area contributed by atoms with Crippen molar-refractivity contribution in [2.24, 2.45) is 16.8 Å². The molecule has 7 heteroatoms. The van der Waals surface area contributed by atoms with Crippen LogP contribution in [0.25, 0.3) is 10.4 Å². The zero-order chi connectivity index (χ0) is 12.7. The molecule has 1 amide bonds. The second-order valence-electron chi connectivity index (χ2n) is 3.35. The molecule has 5 nitrogen and oxygen atoms in total. The minimum atomic E-state index is -0.281. The standard InChI is InChI=1S/C10H12N4OS2/c1-7(10(11)15)6-16-17-9-4-2-8(3-5-9)13-14-12/h2-5,7H,6H2,1H3,(H2,11,15). The van der Waals surface area contributed by atoms with Gasteiger partial charge in [-0.3, -0.25) is 4.79 Å². The van der Waals surface area contributed by atoms with E-state index >= 15 is 0 Å². The quantitative estimate of drug-likeness (QED) is 0.370. The van der Waals surface area contributed by atoms with Gasteiger partial charge in [0.05, 0.1) is 0 Å². The van der Waals surface area contributed by atoms with E-state index in [4.69, 9.17) is 11.3 Å². The van der Waals surface area contributed by atoms with Gasteiger partial charge in [-0.25, -0.2) is 0 Å². The summed E-state index contributed by atoms with van der Waals surface area (Å²) in [4.78, 5) is 14.6. The van der Waals surface area contributed by atoms with Crippen molar-refractivity contribution >= 4 is 33.2 Å². The summed E-state index contributed by atoms with van der Waals surface area (Å²) >= 11 is 0. The molecule has 2 N–H and O–H groups in total. The van der Waals surface area contributed by atoms with E-state index < -0.39 is 0 Å². The third-order valence-corrected chi connectivity index (χ3v) is 4.51.